The fraction of sp³-hybridized carbons (Fsp3) is 0.391. The van der Waals surface area contributed by atoms with E-state index in [1.54, 1.807) is 24.3 Å². The highest BCUT2D eigenvalue weighted by atomic mass is 16.5. The van der Waals surface area contributed by atoms with Crippen molar-refractivity contribution in [3.8, 4) is 5.75 Å². The van der Waals surface area contributed by atoms with Crippen LogP contribution in [0.3, 0.4) is 0 Å². The molecule has 1 aliphatic rings. The average molecular weight is 399 g/mol. The van der Waals surface area contributed by atoms with E-state index in [2.05, 4.69) is 5.32 Å². The number of carboxylic acid groups (broad SMARTS) is 1. The van der Waals surface area contributed by atoms with Gasteiger partial charge >= 0.3 is 5.97 Å². The number of hydrogen-bond donors (Lipinski definition) is 3. The number of carbonyl (C=O) groups is 2. The van der Waals surface area contributed by atoms with Gasteiger partial charge in [-0.05, 0) is 43.0 Å². The second kappa shape index (κ2) is 10.1. The molecular formula is C23H30N2O4. The van der Waals surface area contributed by atoms with Gasteiger partial charge in [0.1, 0.15) is 11.2 Å². The average Bonchev–Trinajstić information content (AvgIpc) is 2.71. The van der Waals surface area contributed by atoms with E-state index in [4.69, 9.17) is 15.6 Å². The number of nitrogens with two attached hydrogens (primary N) is 1. The minimum Gasteiger partial charge on any atom is -0.481 e. The van der Waals surface area contributed by atoms with Crippen molar-refractivity contribution in [1.29, 1.82) is 0 Å². The van der Waals surface area contributed by atoms with Gasteiger partial charge in [0.25, 0.3) is 0 Å². The van der Waals surface area contributed by atoms with Crippen molar-refractivity contribution in [3.63, 3.8) is 0 Å². The molecule has 0 saturated carbocycles. The highest BCUT2D eigenvalue weighted by Gasteiger charge is 2.54. The van der Waals surface area contributed by atoms with Crippen molar-refractivity contribution < 1.29 is 19.4 Å². The topological polar surface area (TPSA) is 102 Å². The molecule has 2 aromatic rings. The number of rotatable bonds is 7. The van der Waals surface area contributed by atoms with Crippen LogP contribution in [0.5, 0.6) is 5.75 Å². The summed E-state index contributed by atoms with van der Waals surface area (Å²) in [4.78, 5) is 22.3. The second-order valence-electron chi connectivity index (χ2n) is 7.25. The van der Waals surface area contributed by atoms with Crippen molar-refractivity contribution in [1.82, 2.24) is 5.32 Å². The summed E-state index contributed by atoms with van der Waals surface area (Å²) >= 11 is 0. The molecule has 6 heteroatoms. The molecular weight excluding hydrogens is 368 g/mol. The Morgan fingerprint density at radius 1 is 1.14 bits per heavy atom. The van der Waals surface area contributed by atoms with E-state index in [-0.39, 0.29) is 24.6 Å². The molecule has 156 valence electrons. The predicted octanol–water partition coefficient (Wildman–Crippen LogP) is 3.66. The summed E-state index contributed by atoms with van der Waals surface area (Å²) in [5.41, 5.74) is 7.08. The minimum absolute atomic E-state index is 0.00565. The quantitative estimate of drug-likeness (QED) is 0.618. The van der Waals surface area contributed by atoms with Crippen molar-refractivity contribution in [3.05, 3.63) is 65.7 Å². The van der Waals surface area contributed by atoms with Crippen molar-refractivity contribution >= 4 is 11.9 Å². The highest BCUT2D eigenvalue weighted by molar-refractivity contribution is 5.89. The SMILES string of the molecule is CCC1(CC)C(=O)N[C@H]1Oc1ccc(CC(=O)O)cc1.C[C@H](N)c1ccccc1. The van der Waals surface area contributed by atoms with E-state index >= 15 is 0 Å². The van der Waals surface area contributed by atoms with E-state index in [0.717, 1.165) is 18.4 Å². The Hall–Kier alpha value is -2.86. The van der Waals surface area contributed by atoms with E-state index in [0.29, 0.717) is 5.75 Å². The Bertz CT molecular complexity index is 799. The van der Waals surface area contributed by atoms with Crippen LogP contribution in [0.2, 0.25) is 0 Å². The molecule has 0 aliphatic carbocycles. The third-order valence-corrected chi connectivity index (χ3v) is 5.34. The number of ether oxygens (including phenoxy) is 1. The van der Waals surface area contributed by atoms with Crippen LogP contribution in [0.4, 0.5) is 0 Å². The molecule has 0 unspecified atom stereocenters. The molecule has 1 saturated heterocycles. The lowest BCUT2D eigenvalue weighted by molar-refractivity contribution is -0.161. The first kappa shape index (κ1) is 22.4. The predicted molar refractivity (Wildman–Crippen MR) is 112 cm³/mol. The normalized spacial score (nSPS) is 17.8. The number of benzene rings is 2. The molecule has 0 bridgehead atoms. The number of aliphatic carboxylic acids is 1. The Kier molecular flexibility index (Phi) is 7.79. The van der Waals surface area contributed by atoms with Gasteiger partial charge in [0.05, 0.1) is 6.42 Å². The molecule has 2 atom stereocenters. The van der Waals surface area contributed by atoms with Gasteiger partial charge in [0.2, 0.25) is 5.91 Å². The summed E-state index contributed by atoms with van der Waals surface area (Å²) < 4.78 is 5.80. The van der Waals surface area contributed by atoms with Crippen molar-refractivity contribution in [2.45, 2.75) is 52.3 Å². The number of nitrogens with one attached hydrogen (secondary N) is 1. The summed E-state index contributed by atoms with van der Waals surface area (Å²) in [6.07, 6.45) is 1.15. The van der Waals surface area contributed by atoms with Crippen LogP contribution in [0, 0.1) is 5.41 Å². The molecule has 29 heavy (non-hydrogen) atoms. The van der Waals surface area contributed by atoms with Gasteiger partial charge in [-0.3, -0.25) is 9.59 Å². The maximum Gasteiger partial charge on any atom is 0.307 e. The van der Waals surface area contributed by atoms with Crippen LogP contribution in [-0.4, -0.2) is 23.2 Å². The Labute approximate surface area is 172 Å². The first-order valence-electron chi connectivity index (χ1n) is 9.91. The zero-order chi connectivity index (χ0) is 21.4. The lowest BCUT2D eigenvalue weighted by Crippen LogP contribution is -2.69. The molecule has 1 amide bonds. The zero-order valence-electron chi connectivity index (χ0n) is 17.2. The molecule has 6 nitrogen and oxygen atoms in total. The van der Waals surface area contributed by atoms with Crippen LogP contribution < -0.4 is 15.8 Å². The number of hydrogen-bond acceptors (Lipinski definition) is 4. The van der Waals surface area contributed by atoms with Crippen LogP contribution in [0.1, 0.15) is 50.8 Å². The maximum atomic E-state index is 11.7. The molecule has 4 N–H and O–H groups in total. The first-order chi connectivity index (χ1) is 13.8. The van der Waals surface area contributed by atoms with Gasteiger partial charge in [-0.2, -0.15) is 0 Å². The molecule has 1 aliphatic heterocycles. The Balaban J connectivity index is 0.000000278. The monoisotopic (exact) mass is 398 g/mol. The van der Waals surface area contributed by atoms with Crippen LogP contribution >= 0.6 is 0 Å². The van der Waals surface area contributed by atoms with Gasteiger partial charge in [0, 0.05) is 6.04 Å². The van der Waals surface area contributed by atoms with Crippen molar-refractivity contribution in [2.75, 3.05) is 0 Å². The summed E-state index contributed by atoms with van der Waals surface area (Å²) in [5, 5.41) is 11.5. The summed E-state index contributed by atoms with van der Waals surface area (Å²) in [6.45, 7) is 5.94. The lowest BCUT2D eigenvalue weighted by Gasteiger charge is -2.47. The molecule has 3 rings (SSSR count). The summed E-state index contributed by atoms with van der Waals surface area (Å²) in [7, 11) is 0. The third-order valence-electron chi connectivity index (χ3n) is 5.34. The fourth-order valence-electron chi connectivity index (χ4n) is 3.28. The van der Waals surface area contributed by atoms with Crippen molar-refractivity contribution in [2.24, 2.45) is 11.1 Å². The molecule has 0 aromatic heterocycles. The van der Waals surface area contributed by atoms with E-state index < -0.39 is 11.4 Å². The van der Waals surface area contributed by atoms with E-state index in [1.807, 2.05) is 51.1 Å². The summed E-state index contributed by atoms with van der Waals surface area (Å²) in [6, 6.07) is 17.1. The number of amides is 1. The van der Waals surface area contributed by atoms with Crippen LogP contribution in [-0.2, 0) is 16.0 Å². The van der Waals surface area contributed by atoms with Gasteiger partial charge in [-0.25, -0.2) is 0 Å². The minimum atomic E-state index is -0.860. The second-order valence-corrected chi connectivity index (χ2v) is 7.25. The largest absolute Gasteiger partial charge is 0.481 e. The zero-order valence-corrected chi connectivity index (χ0v) is 17.2. The van der Waals surface area contributed by atoms with Gasteiger partial charge in [-0.15, -0.1) is 0 Å². The third kappa shape index (κ3) is 5.57. The molecule has 0 radical (unpaired) electrons. The molecule has 0 spiro atoms. The maximum absolute atomic E-state index is 11.7. The fourth-order valence-corrected chi connectivity index (χ4v) is 3.28. The molecule has 2 aromatic carbocycles. The smallest absolute Gasteiger partial charge is 0.307 e. The standard InChI is InChI=1S/C15H19NO4.C8H11N/c1-3-15(4-2)13(19)16-14(15)20-11-7-5-10(6-8-11)9-12(17)18;1-7(9)8-5-3-2-4-6-8/h5-8,14H,3-4,9H2,1-2H3,(H,16,19)(H,17,18);2-7H,9H2,1H3/t14-;7-/m00/s1. The first-order valence-corrected chi connectivity index (χ1v) is 9.91. The van der Waals surface area contributed by atoms with Crippen LogP contribution in [0.25, 0.3) is 0 Å². The van der Waals surface area contributed by atoms with E-state index in [1.165, 1.54) is 5.56 Å². The Morgan fingerprint density at radius 2 is 1.72 bits per heavy atom. The molecule has 1 fully saturated rings. The number of carboxylic acids is 1. The number of carbonyl (C=O) groups excluding carboxylic acids is 1. The van der Waals surface area contributed by atoms with Gasteiger partial charge in [0.15, 0.2) is 6.23 Å². The van der Waals surface area contributed by atoms with Crippen LogP contribution in [0.15, 0.2) is 54.6 Å². The van der Waals surface area contributed by atoms with E-state index in [9.17, 15) is 9.59 Å². The van der Waals surface area contributed by atoms with Gasteiger partial charge in [-0.1, -0.05) is 56.3 Å². The lowest BCUT2D eigenvalue weighted by atomic mass is 9.73. The summed E-state index contributed by atoms with van der Waals surface area (Å²) in [5.74, 6) is -0.189. The number of β-lactam (4-membered cyclic amide) rings is 1. The Morgan fingerprint density at radius 3 is 2.14 bits per heavy atom. The molecule has 1 heterocycles. The van der Waals surface area contributed by atoms with Gasteiger partial charge < -0.3 is 20.9 Å². The highest BCUT2D eigenvalue weighted by Crippen LogP contribution is 2.39.